The molecule has 3 aromatic heterocycles. The third-order valence-corrected chi connectivity index (χ3v) is 5.92. The van der Waals surface area contributed by atoms with Crippen LogP contribution in [0.5, 0.6) is 5.88 Å². The second-order valence-electron chi connectivity index (χ2n) is 8.08. The van der Waals surface area contributed by atoms with E-state index in [1.54, 1.807) is 37.8 Å². The van der Waals surface area contributed by atoms with E-state index in [1.807, 2.05) is 17.0 Å². The fourth-order valence-corrected chi connectivity index (χ4v) is 4.47. The number of amides is 1. The maximum Gasteiger partial charge on any atom is 0.255 e. The zero-order valence-corrected chi connectivity index (χ0v) is 16.9. The van der Waals surface area contributed by atoms with Crippen molar-refractivity contribution in [1.29, 1.82) is 0 Å². The molecular weight excluding hydrogens is 384 g/mol. The predicted molar refractivity (Wildman–Crippen MR) is 107 cm³/mol. The van der Waals surface area contributed by atoms with Crippen molar-refractivity contribution >= 4 is 5.91 Å². The van der Waals surface area contributed by atoms with Gasteiger partial charge in [-0.15, -0.1) is 0 Å². The van der Waals surface area contributed by atoms with Crippen LogP contribution in [0.2, 0.25) is 0 Å². The fourth-order valence-electron chi connectivity index (χ4n) is 4.47. The van der Waals surface area contributed by atoms with Gasteiger partial charge in [0.1, 0.15) is 0 Å². The van der Waals surface area contributed by atoms with Crippen LogP contribution in [0, 0.1) is 5.41 Å². The molecule has 3 aromatic rings. The van der Waals surface area contributed by atoms with Crippen molar-refractivity contribution in [3.63, 3.8) is 0 Å². The quantitative estimate of drug-likeness (QED) is 0.649. The van der Waals surface area contributed by atoms with Gasteiger partial charge in [-0.25, -0.2) is 4.98 Å². The van der Waals surface area contributed by atoms with Gasteiger partial charge in [-0.2, -0.15) is 4.98 Å². The van der Waals surface area contributed by atoms with Crippen molar-refractivity contribution < 1.29 is 14.1 Å². The third-order valence-electron chi connectivity index (χ3n) is 5.92. The molecule has 0 radical (unpaired) electrons. The lowest BCUT2D eigenvalue weighted by Gasteiger charge is -2.48. The normalized spacial score (nSPS) is 20.3. The minimum absolute atomic E-state index is 0.00136. The van der Waals surface area contributed by atoms with E-state index in [0.29, 0.717) is 36.2 Å². The molecule has 1 atom stereocenters. The van der Waals surface area contributed by atoms with Crippen molar-refractivity contribution in [2.75, 3.05) is 33.8 Å². The Balaban J connectivity index is 1.25. The number of carbonyl (C=O) groups is 1. The second-order valence-corrected chi connectivity index (χ2v) is 8.08. The van der Waals surface area contributed by atoms with Crippen LogP contribution in [-0.2, 0) is 0 Å². The molecule has 1 unspecified atom stereocenters. The Morgan fingerprint density at radius 3 is 2.80 bits per heavy atom. The molecule has 2 saturated heterocycles. The number of pyridine rings is 2. The molecule has 1 amide bonds. The lowest BCUT2D eigenvalue weighted by molar-refractivity contribution is 0.0114. The van der Waals surface area contributed by atoms with Crippen LogP contribution in [0.3, 0.4) is 0 Å². The Hall–Kier alpha value is -3.33. The van der Waals surface area contributed by atoms with Gasteiger partial charge >= 0.3 is 0 Å². The van der Waals surface area contributed by atoms with Gasteiger partial charge in [-0.05, 0) is 31.7 Å². The maximum atomic E-state index is 12.7. The molecule has 0 aromatic carbocycles. The zero-order valence-electron chi connectivity index (χ0n) is 16.9. The Bertz CT molecular complexity index is 1050. The van der Waals surface area contributed by atoms with E-state index in [4.69, 9.17) is 9.26 Å². The summed E-state index contributed by atoms with van der Waals surface area (Å²) in [5.41, 5.74) is 1.46. The topological polar surface area (TPSA) is 97.5 Å². The number of hydrogen-bond donors (Lipinski definition) is 0. The monoisotopic (exact) mass is 406 g/mol. The van der Waals surface area contributed by atoms with E-state index in [2.05, 4.69) is 32.1 Å². The maximum absolute atomic E-state index is 12.7. The lowest BCUT2D eigenvalue weighted by atomic mass is 9.77. The first-order chi connectivity index (χ1) is 14.6. The zero-order chi connectivity index (χ0) is 20.7. The van der Waals surface area contributed by atoms with E-state index >= 15 is 0 Å². The number of rotatable bonds is 4. The molecule has 0 bridgehead atoms. The summed E-state index contributed by atoms with van der Waals surface area (Å²) in [6, 6.07) is 7.26. The predicted octanol–water partition coefficient (Wildman–Crippen LogP) is 2.05. The van der Waals surface area contributed by atoms with Crippen molar-refractivity contribution in [2.24, 2.45) is 5.41 Å². The molecule has 2 aliphatic heterocycles. The van der Waals surface area contributed by atoms with E-state index in [-0.39, 0.29) is 17.4 Å². The van der Waals surface area contributed by atoms with Crippen molar-refractivity contribution in [3.05, 3.63) is 54.3 Å². The summed E-state index contributed by atoms with van der Waals surface area (Å²) in [6.45, 7) is 2.30. The first-order valence-corrected chi connectivity index (χ1v) is 9.80. The van der Waals surface area contributed by atoms with E-state index < -0.39 is 0 Å². The molecular formula is C21H22N6O3. The van der Waals surface area contributed by atoms with Crippen molar-refractivity contribution in [1.82, 2.24) is 29.9 Å². The summed E-state index contributed by atoms with van der Waals surface area (Å²) in [7, 11) is 3.62. The lowest BCUT2D eigenvalue weighted by Crippen LogP contribution is -2.59. The van der Waals surface area contributed by atoms with Crippen molar-refractivity contribution in [3.8, 4) is 17.3 Å². The molecule has 2 aliphatic rings. The van der Waals surface area contributed by atoms with E-state index in [9.17, 15) is 4.79 Å². The molecule has 9 heteroatoms. The second kappa shape index (κ2) is 7.17. The van der Waals surface area contributed by atoms with Gasteiger partial charge in [0, 0.05) is 55.3 Å². The van der Waals surface area contributed by atoms with Gasteiger partial charge in [0.05, 0.1) is 18.7 Å². The number of methoxy groups -OCH3 is 1. The first-order valence-electron chi connectivity index (χ1n) is 9.80. The average molecular weight is 406 g/mol. The van der Waals surface area contributed by atoms with Crippen LogP contribution in [0.4, 0.5) is 0 Å². The molecule has 0 saturated carbocycles. The smallest absolute Gasteiger partial charge is 0.255 e. The van der Waals surface area contributed by atoms with Crippen LogP contribution in [0.25, 0.3) is 11.4 Å². The van der Waals surface area contributed by atoms with Gasteiger partial charge in [0.25, 0.3) is 5.91 Å². The minimum atomic E-state index is -0.00136. The summed E-state index contributed by atoms with van der Waals surface area (Å²) >= 11 is 0. The highest BCUT2D eigenvalue weighted by atomic mass is 16.5. The minimum Gasteiger partial charge on any atom is -0.481 e. The molecule has 30 heavy (non-hydrogen) atoms. The van der Waals surface area contributed by atoms with Crippen LogP contribution in [0.1, 0.15) is 28.7 Å². The number of hydrogen-bond acceptors (Lipinski definition) is 8. The van der Waals surface area contributed by atoms with Gasteiger partial charge in [0.15, 0.2) is 0 Å². The van der Waals surface area contributed by atoms with E-state index in [0.717, 1.165) is 18.5 Å². The number of nitrogens with zero attached hydrogens (tertiary/aromatic N) is 6. The van der Waals surface area contributed by atoms with Crippen LogP contribution >= 0.6 is 0 Å². The standard InChI is InChI=1S/C21H22N6O3/c1-26-11-21(12-27(13-21)20(28)15-5-6-17(29-2)23-10-15)8-16(26)19-24-18(25-30-19)14-4-3-7-22-9-14/h3-7,9-10,16H,8,11-13H2,1-2H3. The van der Waals surface area contributed by atoms with Crippen LogP contribution in [0.15, 0.2) is 47.4 Å². The molecule has 9 nitrogen and oxygen atoms in total. The third kappa shape index (κ3) is 3.21. The van der Waals surface area contributed by atoms with Gasteiger partial charge in [-0.1, -0.05) is 5.16 Å². The first kappa shape index (κ1) is 18.7. The Morgan fingerprint density at radius 2 is 2.10 bits per heavy atom. The summed E-state index contributed by atoms with van der Waals surface area (Å²) in [5, 5.41) is 4.12. The number of likely N-dealkylation sites (tertiary alicyclic amines) is 2. The van der Waals surface area contributed by atoms with Gasteiger partial charge in [0.2, 0.25) is 17.6 Å². The van der Waals surface area contributed by atoms with Gasteiger partial charge < -0.3 is 14.2 Å². The van der Waals surface area contributed by atoms with Crippen molar-refractivity contribution in [2.45, 2.75) is 12.5 Å². The SMILES string of the molecule is COc1ccc(C(=O)N2CC3(CC(c4nc(-c5cccnc5)no4)N(C)C3)C2)cn1. The number of aromatic nitrogens is 4. The van der Waals surface area contributed by atoms with Crippen LogP contribution in [-0.4, -0.2) is 69.6 Å². The van der Waals surface area contributed by atoms with Crippen LogP contribution < -0.4 is 4.74 Å². The summed E-state index contributed by atoms with van der Waals surface area (Å²) in [4.78, 5) is 29.7. The Morgan fingerprint density at radius 1 is 1.23 bits per heavy atom. The molecule has 1 spiro atoms. The summed E-state index contributed by atoms with van der Waals surface area (Å²) < 4.78 is 10.6. The average Bonchev–Trinajstić information content (AvgIpc) is 3.38. The van der Waals surface area contributed by atoms with E-state index in [1.165, 1.54) is 0 Å². The van der Waals surface area contributed by atoms with Gasteiger partial charge in [-0.3, -0.25) is 14.7 Å². The molecule has 5 rings (SSSR count). The summed E-state index contributed by atoms with van der Waals surface area (Å²) in [5.74, 6) is 1.65. The Labute approximate surface area is 173 Å². The molecule has 2 fully saturated rings. The molecule has 0 aliphatic carbocycles. The molecule has 5 heterocycles. The summed E-state index contributed by atoms with van der Waals surface area (Å²) in [6.07, 6.45) is 5.87. The largest absolute Gasteiger partial charge is 0.481 e. The highest BCUT2D eigenvalue weighted by molar-refractivity contribution is 5.94. The number of ether oxygens (including phenoxy) is 1. The number of carbonyl (C=O) groups excluding carboxylic acids is 1. The molecule has 154 valence electrons. The highest BCUT2D eigenvalue weighted by Gasteiger charge is 2.53. The Kier molecular flexibility index (Phi) is 4.47. The highest BCUT2D eigenvalue weighted by Crippen LogP contribution is 2.47. The fraction of sp³-hybridized carbons (Fsp3) is 0.381. The molecule has 0 N–H and O–H groups in total.